The van der Waals surface area contributed by atoms with Crippen LogP contribution < -0.4 is 0 Å². The molecule has 5 rings (SSSR count). The van der Waals surface area contributed by atoms with Gasteiger partial charge in [-0.05, 0) is 88.3 Å². The van der Waals surface area contributed by atoms with Gasteiger partial charge in [0.1, 0.15) is 0 Å². The fraction of sp³-hybridized carbons (Fsp3) is 1.00. The van der Waals surface area contributed by atoms with Gasteiger partial charge in [0.25, 0.3) is 0 Å². The maximum atomic E-state index is 2.39. The van der Waals surface area contributed by atoms with Crippen LogP contribution >= 0.6 is 0 Å². The van der Waals surface area contributed by atoms with Gasteiger partial charge in [-0.1, -0.05) is 404 Å². The normalized spacial score (nSPS) is 16.4. The van der Waals surface area contributed by atoms with E-state index in [0.29, 0.717) is 16.2 Å². The molecular formula is C75H172. The minimum atomic E-state index is 0.500. The molecule has 0 nitrogen and oxygen atoms in total. The molecule has 0 amide bonds. The highest BCUT2D eigenvalue weighted by atomic mass is 14.3. The van der Waals surface area contributed by atoms with Gasteiger partial charge >= 0.3 is 0 Å². The van der Waals surface area contributed by atoms with Crippen molar-refractivity contribution in [2.75, 3.05) is 0 Å². The van der Waals surface area contributed by atoms with E-state index >= 15 is 0 Å². The van der Waals surface area contributed by atoms with Crippen molar-refractivity contribution >= 4 is 0 Å². The van der Waals surface area contributed by atoms with Crippen LogP contribution in [0.3, 0.4) is 0 Å². The molecular weight excluding hydrogens is 901 g/mol. The summed E-state index contributed by atoms with van der Waals surface area (Å²) in [5.41, 5.74) is 1.70. The smallest absolute Gasteiger partial charge is 0.0354 e. The van der Waals surface area contributed by atoms with Crippen molar-refractivity contribution in [3.05, 3.63) is 0 Å². The Labute approximate surface area is 490 Å². The van der Waals surface area contributed by atoms with Crippen LogP contribution in [-0.2, 0) is 0 Å². The molecule has 5 aliphatic carbocycles. The minimum Gasteiger partial charge on any atom is -0.0683 e. The van der Waals surface area contributed by atoms with Crippen molar-refractivity contribution in [3.63, 3.8) is 0 Å². The van der Waals surface area contributed by atoms with Gasteiger partial charge in [-0.15, -0.1) is 0 Å². The molecule has 5 fully saturated rings. The van der Waals surface area contributed by atoms with Gasteiger partial charge in [0, 0.05) is 0 Å². The maximum Gasteiger partial charge on any atom is -0.0354 e. The molecule has 0 spiro atoms. The monoisotopic (exact) mass is 1070 g/mol. The van der Waals surface area contributed by atoms with Gasteiger partial charge < -0.3 is 0 Å². The van der Waals surface area contributed by atoms with Crippen molar-refractivity contribution in [2.45, 2.75) is 417 Å². The van der Waals surface area contributed by atoms with Gasteiger partial charge in [-0.2, -0.15) is 0 Å². The zero-order valence-electron chi connectivity index (χ0n) is 62.2. The summed E-state index contributed by atoms with van der Waals surface area (Å²) in [5, 5.41) is 0. The van der Waals surface area contributed by atoms with Gasteiger partial charge in [0.15, 0.2) is 0 Å². The molecule has 0 N–H and O–H groups in total. The van der Waals surface area contributed by atoms with Crippen LogP contribution in [0, 0.1) is 75.4 Å². The molecule has 0 aromatic heterocycles. The van der Waals surface area contributed by atoms with E-state index in [4.69, 9.17) is 0 Å². The third-order valence-corrected chi connectivity index (χ3v) is 13.1. The average molecular weight is 1070 g/mol. The van der Waals surface area contributed by atoms with Crippen molar-refractivity contribution in [1.82, 2.24) is 0 Å². The first-order valence-corrected chi connectivity index (χ1v) is 34.6. The predicted octanol–water partition coefficient (Wildman–Crippen LogP) is 30.1. The van der Waals surface area contributed by atoms with E-state index in [2.05, 4.69) is 208 Å². The molecule has 5 aliphatic rings. The van der Waals surface area contributed by atoms with Gasteiger partial charge in [-0.25, -0.2) is 0 Å². The second-order valence-corrected chi connectivity index (χ2v) is 28.2. The summed E-state index contributed by atoms with van der Waals surface area (Å²) in [6.07, 6.45) is 34.7. The third kappa shape index (κ3) is 153. The third-order valence-electron chi connectivity index (χ3n) is 13.1. The molecule has 0 aromatic carbocycles. The summed E-state index contributed by atoms with van der Waals surface area (Å²) in [4.78, 5) is 0. The average Bonchev–Trinajstić information content (AvgIpc) is 3.69. The highest BCUT2D eigenvalue weighted by molar-refractivity contribution is 4.76. The van der Waals surface area contributed by atoms with Crippen molar-refractivity contribution < 1.29 is 0 Å². The van der Waals surface area contributed by atoms with Crippen LogP contribution in [-0.4, -0.2) is 0 Å². The Hall–Kier alpha value is 0. The largest absolute Gasteiger partial charge is 0.0683 e. The van der Waals surface area contributed by atoms with E-state index in [1.807, 2.05) is 55.4 Å². The van der Waals surface area contributed by atoms with E-state index in [1.54, 1.807) is 0 Å². The first kappa shape index (κ1) is 100. The molecule has 0 atom stereocenters. The van der Waals surface area contributed by atoms with E-state index in [0.717, 1.165) is 59.2 Å². The topological polar surface area (TPSA) is 0 Å². The first-order valence-electron chi connectivity index (χ1n) is 34.6. The summed E-state index contributed by atoms with van der Waals surface area (Å²) in [6, 6.07) is 0. The van der Waals surface area contributed by atoms with E-state index in [9.17, 15) is 0 Å². The van der Waals surface area contributed by atoms with E-state index in [1.165, 1.54) is 154 Å². The summed E-state index contributed by atoms with van der Waals surface area (Å²) >= 11 is 0. The lowest BCUT2D eigenvalue weighted by atomic mass is 9.74. The zero-order valence-corrected chi connectivity index (χ0v) is 62.2. The highest BCUT2D eigenvalue weighted by Gasteiger charge is 2.24. The summed E-state index contributed by atoms with van der Waals surface area (Å²) in [7, 11) is 0. The molecule has 0 heteroatoms. The van der Waals surface area contributed by atoms with Crippen LogP contribution in [0.15, 0.2) is 0 Å². The van der Waals surface area contributed by atoms with Crippen molar-refractivity contribution in [3.8, 4) is 0 Å². The fourth-order valence-electron chi connectivity index (χ4n) is 5.57. The Morgan fingerprint density at radius 2 is 0.560 bits per heavy atom. The second-order valence-electron chi connectivity index (χ2n) is 28.2. The molecule has 0 radical (unpaired) electrons. The van der Waals surface area contributed by atoms with Crippen LogP contribution in [0.25, 0.3) is 0 Å². The van der Waals surface area contributed by atoms with Crippen LogP contribution in [0.2, 0.25) is 0 Å². The molecule has 0 heterocycles. The standard InChI is InChI=1S/C9H18.2C7H14.C6H12.2C6H14.3C5H12.C4H8.C4H10.C3H8.4C2H6/c1-8-4-6-9(2,3)7-5-8;1-7-5-3-2-4-6-7;1-2-7-5-3-4-6-7;1-6-4-2-3-5-6;1-5-6(2,3)4;1-5(2)6(3)4;1-5(2,3)4;2*1-4-5(2)3;1-4-2-3-4;1-4(2)3;1-3-2;4*1-2/h8H,4-7H2,1-3H3;2*7H,2-6H2,1H3;6H,2-5H2,1H3;5H2,1-4H3;5-6H,1-4H3;1-4H3;2*5H,4H2,1-3H3;4H,2-3H2,1H3;4H,1-3H3;3H2,1-2H3;4*1-2H3. The van der Waals surface area contributed by atoms with Crippen molar-refractivity contribution in [1.29, 1.82) is 0 Å². The Morgan fingerprint density at radius 3 is 0.653 bits per heavy atom. The maximum absolute atomic E-state index is 2.39. The number of hydrogen-bond donors (Lipinski definition) is 0. The van der Waals surface area contributed by atoms with E-state index < -0.39 is 0 Å². The lowest BCUT2D eigenvalue weighted by molar-refractivity contribution is 0.201. The molecule has 0 bridgehead atoms. The van der Waals surface area contributed by atoms with Crippen LogP contribution in [0.1, 0.15) is 417 Å². The number of hydrogen-bond acceptors (Lipinski definition) is 0. The summed E-state index contributed by atoms with van der Waals surface area (Å²) < 4.78 is 0. The van der Waals surface area contributed by atoms with Crippen LogP contribution in [0.5, 0.6) is 0 Å². The molecule has 472 valence electrons. The SMILES string of the molecule is CC.CC.CC.CC.CC(C)(C)C.CC(C)C.CC(C)C(C)C.CC1CC1.CC1CCC(C)(C)CC1.CC1CCCC1.CC1CCCCC1.CCC.CCC(C)(C)C.CCC(C)C.CCC(C)C.CCC1CCCC1. The molecule has 0 unspecified atom stereocenters. The lowest BCUT2D eigenvalue weighted by Gasteiger charge is -2.32. The molecule has 0 saturated heterocycles. The van der Waals surface area contributed by atoms with Crippen LogP contribution in [0.4, 0.5) is 0 Å². The fourth-order valence-corrected chi connectivity index (χ4v) is 5.57. The van der Waals surface area contributed by atoms with Gasteiger partial charge in [0.05, 0.1) is 0 Å². The van der Waals surface area contributed by atoms with Gasteiger partial charge in [0.2, 0.25) is 0 Å². The number of rotatable bonds is 4. The quantitative estimate of drug-likeness (QED) is 0.263. The molecule has 0 aliphatic heterocycles. The minimum absolute atomic E-state index is 0.500. The molecule has 0 aromatic rings. The second kappa shape index (κ2) is 76.1. The predicted molar refractivity (Wildman–Crippen MR) is 369 cm³/mol. The Bertz CT molecular complexity index is 801. The molecule has 5 saturated carbocycles. The first-order chi connectivity index (χ1) is 34.6. The Kier molecular flexibility index (Phi) is 102. The summed E-state index contributed by atoms with van der Waals surface area (Å²) in [6.45, 7) is 83.1. The lowest BCUT2D eigenvalue weighted by Crippen LogP contribution is -2.19. The van der Waals surface area contributed by atoms with Gasteiger partial charge in [-0.3, -0.25) is 0 Å². The zero-order chi connectivity index (χ0) is 62.2. The Balaban J connectivity index is -0.0000000659. The highest BCUT2D eigenvalue weighted by Crippen LogP contribution is 2.37. The molecule has 75 heavy (non-hydrogen) atoms. The summed E-state index contributed by atoms with van der Waals surface area (Å²) in [5.74, 6) is 9.57. The Morgan fingerprint density at radius 1 is 0.373 bits per heavy atom. The van der Waals surface area contributed by atoms with Crippen molar-refractivity contribution in [2.24, 2.45) is 75.4 Å². The van der Waals surface area contributed by atoms with E-state index in [-0.39, 0.29) is 0 Å².